The van der Waals surface area contributed by atoms with Crippen molar-refractivity contribution in [3.63, 3.8) is 0 Å². The van der Waals surface area contributed by atoms with Crippen LogP contribution in [-0.2, 0) is 0 Å². The number of rotatable bonds is 6. The Kier molecular flexibility index (Phi) is 7.16. The predicted octanol–water partition coefficient (Wildman–Crippen LogP) is 6.35. The molecule has 1 aromatic carbocycles. The van der Waals surface area contributed by atoms with E-state index in [9.17, 15) is 4.39 Å². The number of fused-ring (bicyclic) bond motifs is 1. The number of hydrogen-bond donors (Lipinski definition) is 2. The number of hydrogen-bond acceptors (Lipinski definition) is 8. The Hall–Kier alpha value is -3.24. The number of aromatic nitrogens is 5. The van der Waals surface area contributed by atoms with Gasteiger partial charge in [0.1, 0.15) is 17.2 Å². The standard InChI is InChI=1S/C28H33FN8S.2H2/c1-18-8-9-20-15-22(16-23(29)27(20)30-18)38-28-32-24(31-25-14-19(2)34-35-25)17-26(33-28)37-12-10-36(11-13-37)21-6-4-3-5-7-21;;/h8-9,14-17,21H,3-7,10-13H2,1-2H3,(H2,31,32,33,34,35);2*1H. The smallest absolute Gasteiger partial charge is 0.196 e. The summed E-state index contributed by atoms with van der Waals surface area (Å²) in [6.45, 7) is 7.76. The zero-order valence-corrected chi connectivity index (χ0v) is 22.7. The molecule has 2 fully saturated rings. The molecule has 202 valence electrons. The molecule has 0 amide bonds. The van der Waals surface area contributed by atoms with E-state index in [0.29, 0.717) is 22.3 Å². The lowest BCUT2D eigenvalue weighted by atomic mass is 9.94. The molecule has 1 saturated carbocycles. The minimum absolute atomic E-state index is 0. The molecule has 38 heavy (non-hydrogen) atoms. The Morgan fingerprint density at radius 3 is 2.53 bits per heavy atom. The van der Waals surface area contributed by atoms with Crippen molar-refractivity contribution in [2.45, 2.75) is 62.0 Å². The van der Waals surface area contributed by atoms with Crippen LogP contribution < -0.4 is 10.2 Å². The van der Waals surface area contributed by atoms with Crippen LogP contribution in [0.25, 0.3) is 10.9 Å². The van der Waals surface area contributed by atoms with Crippen LogP contribution in [0.4, 0.5) is 21.8 Å². The number of piperazine rings is 1. The molecule has 6 rings (SSSR count). The summed E-state index contributed by atoms with van der Waals surface area (Å²) in [7, 11) is 0. The second-order valence-electron chi connectivity index (χ2n) is 10.3. The van der Waals surface area contributed by atoms with Crippen LogP contribution in [0, 0.1) is 19.7 Å². The molecule has 0 bridgehead atoms. The molecule has 2 aliphatic rings. The van der Waals surface area contributed by atoms with E-state index >= 15 is 0 Å². The Balaban J connectivity index is 0.00000185. The fourth-order valence-electron chi connectivity index (χ4n) is 5.49. The third-order valence-electron chi connectivity index (χ3n) is 7.45. The van der Waals surface area contributed by atoms with Crippen LogP contribution in [0.5, 0.6) is 0 Å². The molecule has 1 saturated heterocycles. The largest absolute Gasteiger partial charge is 0.354 e. The van der Waals surface area contributed by atoms with Gasteiger partial charge in [-0.1, -0.05) is 25.3 Å². The molecule has 0 atom stereocenters. The number of halogens is 1. The van der Waals surface area contributed by atoms with Crippen molar-refractivity contribution in [3.8, 4) is 0 Å². The Bertz CT molecular complexity index is 1440. The maximum atomic E-state index is 14.9. The fraction of sp³-hybridized carbons (Fsp3) is 0.429. The number of pyridine rings is 1. The third-order valence-corrected chi connectivity index (χ3v) is 8.29. The summed E-state index contributed by atoms with van der Waals surface area (Å²) in [4.78, 5) is 19.7. The number of aryl methyl sites for hydroxylation is 2. The number of nitrogens with one attached hydrogen (secondary N) is 2. The van der Waals surface area contributed by atoms with Crippen LogP contribution in [0.15, 0.2) is 46.5 Å². The van der Waals surface area contributed by atoms with E-state index in [2.05, 4.69) is 30.3 Å². The number of aromatic amines is 1. The van der Waals surface area contributed by atoms with Gasteiger partial charge in [0.15, 0.2) is 16.8 Å². The second-order valence-corrected chi connectivity index (χ2v) is 11.3. The van der Waals surface area contributed by atoms with Crippen LogP contribution in [0.2, 0.25) is 0 Å². The lowest BCUT2D eigenvalue weighted by Crippen LogP contribution is -2.51. The predicted molar refractivity (Wildman–Crippen MR) is 154 cm³/mol. The number of nitrogens with zero attached hydrogens (tertiary/aromatic N) is 6. The Morgan fingerprint density at radius 2 is 1.76 bits per heavy atom. The molecule has 4 aromatic rings. The van der Waals surface area contributed by atoms with Crippen LogP contribution >= 0.6 is 11.8 Å². The normalized spacial score (nSPS) is 17.3. The molecule has 4 heterocycles. The van der Waals surface area contributed by atoms with Crippen molar-refractivity contribution in [1.82, 2.24) is 30.0 Å². The summed E-state index contributed by atoms with van der Waals surface area (Å²) in [5, 5.41) is 11.9. The first kappa shape index (κ1) is 25.1. The van der Waals surface area contributed by atoms with E-state index in [1.807, 2.05) is 44.2 Å². The van der Waals surface area contributed by atoms with E-state index in [0.717, 1.165) is 59.7 Å². The zero-order valence-electron chi connectivity index (χ0n) is 21.9. The van der Waals surface area contributed by atoms with Crippen molar-refractivity contribution >= 4 is 40.1 Å². The van der Waals surface area contributed by atoms with E-state index in [4.69, 9.17) is 9.97 Å². The van der Waals surface area contributed by atoms with Crippen LogP contribution in [-0.4, -0.2) is 62.3 Å². The van der Waals surface area contributed by atoms with E-state index in [1.165, 1.54) is 49.9 Å². The van der Waals surface area contributed by atoms with Crippen LogP contribution in [0.1, 0.15) is 46.3 Å². The Morgan fingerprint density at radius 1 is 0.947 bits per heavy atom. The topological polar surface area (TPSA) is 85.9 Å². The molecule has 0 spiro atoms. The number of benzene rings is 1. The summed E-state index contributed by atoms with van der Waals surface area (Å²) < 4.78 is 14.9. The van der Waals surface area contributed by atoms with Gasteiger partial charge in [0.2, 0.25) is 0 Å². The van der Waals surface area contributed by atoms with Gasteiger partial charge < -0.3 is 10.2 Å². The highest BCUT2D eigenvalue weighted by Gasteiger charge is 2.26. The van der Waals surface area contributed by atoms with Gasteiger partial charge in [-0.2, -0.15) is 5.10 Å². The number of H-pyrrole nitrogens is 1. The summed E-state index contributed by atoms with van der Waals surface area (Å²) in [6.07, 6.45) is 6.72. The molecule has 2 N–H and O–H groups in total. The monoisotopic (exact) mass is 536 g/mol. The fourth-order valence-corrected chi connectivity index (χ4v) is 6.33. The van der Waals surface area contributed by atoms with Gasteiger partial charge in [-0.3, -0.25) is 15.0 Å². The van der Waals surface area contributed by atoms with Crippen molar-refractivity contribution in [2.24, 2.45) is 0 Å². The maximum absolute atomic E-state index is 14.9. The van der Waals surface area contributed by atoms with Crippen molar-refractivity contribution in [1.29, 1.82) is 0 Å². The molecular formula is C28H37FN8S. The number of anilines is 3. The zero-order chi connectivity index (χ0) is 26.1. The minimum Gasteiger partial charge on any atom is -0.354 e. The molecule has 3 aromatic heterocycles. The lowest BCUT2D eigenvalue weighted by molar-refractivity contribution is 0.147. The first-order valence-corrected chi connectivity index (χ1v) is 14.2. The SMILES string of the molecule is Cc1ccc2cc(Sc3nc(Nc4cc(C)[nH]n4)cc(N4CCN(C5CCCCC5)CC4)n3)cc(F)c2n1.[HH].[HH]. The van der Waals surface area contributed by atoms with Gasteiger partial charge in [0.05, 0.1) is 0 Å². The van der Waals surface area contributed by atoms with Gasteiger partial charge in [0.25, 0.3) is 0 Å². The van der Waals surface area contributed by atoms with Crippen LogP contribution in [0.3, 0.4) is 0 Å². The lowest BCUT2D eigenvalue weighted by Gasteiger charge is -2.41. The summed E-state index contributed by atoms with van der Waals surface area (Å²) in [5.41, 5.74) is 2.14. The van der Waals surface area contributed by atoms with Gasteiger partial charge in [0, 0.05) is 68.9 Å². The average Bonchev–Trinajstić information content (AvgIpc) is 3.34. The highest BCUT2D eigenvalue weighted by molar-refractivity contribution is 7.99. The molecule has 8 nitrogen and oxygen atoms in total. The second kappa shape index (κ2) is 10.9. The first-order valence-electron chi connectivity index (χ1n) is 13.4. The summed E-state index contributed by atoms with van der Waals surface area (Å²) in [5.74, 6) is 1.90. The third kappa shape index (κ3) is 5.61. The first-order chi connectivity index (χ1) is 18.5. The van der Waals surface area contributed by atoms with Crippen molar-refractivity contribution < 1.29 is 7.24 Å². The van der Waals surface area contributed by atoms with Gasteiger partial charge in [-0.15, -0.1) is 0 Å². The molecule has 10 heteroatoms. The molecule has 1 aliphatic heterocycles. The van der Waals surface area contributed by atoms with Gasteiger partial charge >= 0.3 is 0 Å². The quantitative estimate of drug-likeness (QED) is 0.276. The maximum Gasteiger partial charge on any atom is 0.196 e. The van der Waals surface area contributed by atoms with E-state index in [-0.39, 0.29) is 8.67 Å². The molecular weight excluding hydrogens is 499 g/mol. The van der Waals surface area contributed by atoms with Gasteiger partial charge in [-0.05, 0) is 56.7 Å². The van der Waals surface area contributed by atoms with Crippen molar-refractivity contribution in [3.05, 3.63) is 53.6 Å². The highest BCUT2D eigenvalue weighted by atomic mass is 32.2. The van der Waals surface area contributed by atoms with Gasteiger partial charge in [-0.25, -0.2) is 14.4 Å². The summed E-state index contributed by atoms with van der Waals surface area (Å²) >= 11 is 1.36. The average molecular weight is 537 g/mol. The Labute approximate surface area is 229 Å². The molecule has 0 radical (unpaired) electrons. The van der Waals surface area contributed by atoms with E-state index < -0.39 is 0 Å². The molecule has 1 aliphatic carbocycles. The highest BCUT2D eigenvalue weighted by Crippen LogP contribution is 2.33. The van der Waals surface area contributed by atoms with E-state index in [1.54, 1.807) is 0 Å². The molecule has 0 unspecified atom stereocenters. The minimum atomic E-state index is -0.339. The summed E-state index contributed by atoms with van der Waals surface area (Å²) in [6, 6.07) is 11.9. The van der Waals surface area contributed by atoms with Crippen molar-refractivity contribution in [2.75, 3.05) is 36.4 Å².